The third-order valence-corrected chi connectivity index (χ3v) is 6.88. The number of thiophene rings is 1. The fourth-order valence-corrected chi connectivity index (χ4v) is 4.99. The molecule has 0 saturated carbocycles. The maximum atomic E-state index is 13.5. The SMILES string of the molecule is COc1ccc(C(=O)N2CCC(C)(O)C(NC(=O)c3ccccc3)C2c2cccs2)cc1. The summed E-state index contributed by atoms with van der Waals surface area (Å²) in [7, 11) is 1.58. The Bertz CT molecular complexity index is 1070. The van der Waals surface area contributed by atoms with Gasteiger partial charge in [0, 0.05) is 22.5 Å². The molecule has 2 aromatic carbocycles. The topological polar surface area (TPSA) is 78.9 Å². The van der Waals surface area contributed by atoms with Crippen LogP contribution in [-0.4, -0.2) is 47.1 Å². The lowest BCUT2D eigenvalue weighted by Crippen LogP contribution is -2.63. The van der Waals surface area contributed by atoms with Crippen LogP contribution in [0.5, 0.6) is 5.75 Å². The van der Waals surface area contributed by atoms with Crippen LogP contribution in [0.4, 0.5) is 0 Å². The summed E-state index contributed by atoms with van der Waals surface area (Å²) >= 11 is 1.50. The van der Waals surface area contributed by atoms with Gasteiger partial charge in [-0.15, -0.1) is 11.3 Å². The highest BCUT2D eigenvalue weighted by Crippen LogP contribution is 2.39. The van der Waals surface area contributed by atoms with E-state index in [0.717, 1.165) is 4.88 Å². The lowest BCUT2D eigenvalue weighted by Gasteiger charge is -2.48. The average molecular weight is 451 g/mol. The quantitative estimate of drug-likeness (QED) is 0.618. The van der Waals surface area contributed by atoms with Gasteiger partial charge in [-0.3, -0.25) is 9.59 Å². The second-order valence-corrected chi connectivity index (χ2v) is 9.09. The number of nitrogens with one attached hydrogen (secondary N) is 1. The van der Waals surface area contributed by atoms with Gasteiger partial charge in [0.05, 0.1) is 24.8 Å². The Labute approximate surface area is 191 Å². The molecular weight excluding hydrogens is 424 g/mol. The Morgan fingerprint density at radius 3 is 2.41 bits per heavy atom. The van der Waals surface area contributed by atoms with Crippen molar-refractivity contribution in [1.82, 2.24) is 10.2 Å². The molecule has 1 aliphatic heterocycles. The van der Waals surface area contributed by atoms with Crippen LogP contribution in [0, 0.1) is 0 Å². The highest BCUT2D eigenvalue weighted by molar-refractivity contribution is 7.10. The van der Waals surface area contributed by atoms with E-state index in [1.807, 2.05) is 23.6 Å². The number of amides is 2. The number of carbonyl (C=O) groups is 2. The second-order valence-electron chi connectivity index (χ2n) is 8.11. The molecule has 3 aromatic rings. The van der Waals surface area contributed by atoms with Gasteiger partial charge in [0.15, 0.2) is 0 Å². The second kappa shape index (κ2) is 9.14. The fourth-order valence-electron chi connectivity index (χ4n) is 4.11. The molecule has 7 heteroatoms. The highest BCUT2D eigenvalue weighted by Gasteiger charge is 2.48. The van der Waals surface area contributed by atoms with Crippen molar-refractivity contribution < 1.29 is 19.4 Å². The van der Waals surface area contributed by atoms with Crippen LogP contribution in [-0.2, 0) is 0 Å². The third kappa shape index (κ3) is 4.40. The predicted molar refractivity (Wildman–Crippen MR) is 124 cm³/mol. The fraction of sp³-hybridized carbons (Fsp3) is 0.280. The van der Waals surface area contributed by atoms with Gasteiger partial charge < -0.3 is 20.1 Å². The van der Waals surface area contributed by atoms with Crippen LogP contribution >= 0.6 is 11.3 Å². The summed E-state index contributed by atoms with van der Waals surface area (Å²) in [4.78, 5) is 29.2. The van der Waals surface area contributed by atoms with Crippen LogP contribution in [0.1, 0.15) is 45.0 Å². The van der Waals surface area contributed by atoms with E-state index in [-0.39, 0.29) is 11.8 Å². The van der Waals surface area contributed by atoms with Crippen LogP contribution in [0.15, 0.2) is 72.1 Å². The molecule has 0 bridgehead atoms. The molecule has 1 fully saturated rings. The molecule has 2 N–H and O–H groups in total. The van der Waals surface area contributed by atoms with Crippen molar-refractivity contribution in [3.05, 3.63) is 88.1 Å². The zero-order chi connectivity index (χ0) is 22.7. The van der Waals surface area contributed by atoms with Gasteiger partial charge in [-0.1, -0.05) is 24.3 Å². The molecule has 166 valence electrons. The molecule has 0 radical (unpaired) electrons. The number of hydrogen-bond acceptors (Lipinski definition) is 5. The van der Waals surface area contributed by atoms with Crippen molar-refractivity contribution in [2.75, 3.05) is 13.7 Å². The van der Waals surface area contributed by atoms with Crippen LogP contribution in [0.25, 0.3) is 0 Å². The van der Waals surface area contributed by atoms with Gasteiger partial charge in [0.1, 0.15) is 5.75 Å². The van der Waals surface area contributed by atoms with Gasteiger partial charge in [0.25, 0.3) is 11.8 Å². The molecule has 2 amide bonds. The third-order valence-electron chi connectivity index (χ3n) is 5.94. The number of hydrogen-bond donors (Lipinski definition) is 2. The zero-order valence-electron chi connectivity index (χ0n) is 18.0. The summed E-state index contributed by atoms with van der Waals surface area (Å²) in [5.41, 5.74) is -0.149. The van der Waals surface area contributed by atoms with E-state index < -0.39 is 17.7 Å². The van der Waals surface area contributed by atoms with E-state index in [2.05, 4.69) is 5.32 Å². The lowest BCUT2D eigenvalue weighted by atomic mass is 9.81. The van der Waals surface area contributed by atoms with Crippen molar-refractivity contribution in [2.45, 2.75) is 31.0 Å². The van der Waals surface area contributed by atoms with Crippen molar-refractivity contribution in [3.8, 4) is 5.75 Å². The van der Waals surface area contributed by atoms with E-state index in [1.165, 1.54) is 11.3 Å². The van der Waals surface area contributed by atoms with Crippen LogP contribution in [0.2, 0.25) is 0 Å². The molecular formula is C25H26N2O4S. The molecule has 2 heterocycles. The minimum absolute atomic E-state index is 0.152. The largest absolute Gasteiger partial charge is 0.497 e. The number of aliphatic hydroxyl groups is 1. The average Bonchev–Trinajstić information content (AvgIpc) is 3.35. The monoisotopic (exact) mass is 450 g/mol. The summed E-state index contributed by atoms with van der Waals surface area (Å²) in [6.07, 6.45) is 0.344. The van der Waals surface area contributed by atoms with Gasteiger partial charge in [-0.05, 0) is 61.2 Å². The number of likely N-dealkylation sites (tertiary alicyclic amines) is 1. The molecule has 6 nitrogen and oxygen atoms in total. The van der Waals surface area contributed by atoms with E-state index in [1.54, 1.807) is 67.5 Å². The molecule has 1 aliphatic rings. The van der Waals surface area contributed by atoms with Crippen LogP contribution < -0.4 is 10.1 Å². The predicted octanol–water partition coefficient (Wildman–Crippen LogP) is 3.89. The number of piperidine rings is 1. The van der Waals surface area contributed by atoms with Crippen LogP contribution in [0.3, 0.4) is 0 Å². The van der Waals surface area contributed by atoms with Crippen molar-refractivity contribution in [1.29, 1.82) is 0 Å². The van der Waals surface area contributed by atoms with E-state index in [9.17, 15) is 14.7 Å². The van der Waals surface area contributed by atoms with Gasteiger partial charge >= 0.3 is 0 Å². The minimum Gasteiger partial charge on any atom is -0.497 e. The number of benzene rings is 2. The number of rotatable bonds is 5. The first-order valence-corrected chi connectivity index (χ1v) is 11.4. The molecule has 3 atom stereocenters. The molecule has 32 heavy (non-hydrogen) atoms. The summed E-state index contributed by atoms with van der Waals surface area (Å²) < 4.78 is 5.20. The minimum atomic E-state index is -1.18. The van der Waals surface area contributed by atoms with Crippen molar-refractivity contribution in [3.63, 3.8) is 0 Å². The number of nitrogens with zero attached hydrogens (tertiary/aromatic N) is 1. The molecule has 0 spiro atoms. The van der Waals surface area contributed by atoms with Crippen molar-refractivity contribution in [2.24, 2.45) is 0 Å². The summed E-state index contributed by atoms with van der Waals surface area (Å²) in [6.45, 7) is 2.09. The normalized spacial score (nSPS) is 22.9. The Morgan fingerprint density at radius 2 is 1.78 bits per heavy atom. The number of methoxy groups -OCH3 is 1. The summed E-state index contributed by atoms with van der Waals surface area (Å²) in [5, 5.41) is 16.2. The number of ether oxygens (including phenoxy) is 1. The first-order chi connectivity index (χ1) is 15.4. The Kier molecular flexibility index (Phi) is 6.30. The maximum Gasteiger partial charge on any atom is 0.254 e. The Hall–Kier alpha value is -3.16. The first-order valence-electron chi connectivity index (χ1n) is 10.5. The summed E-state index contributed by atoms with van der Waals surface area (Å²) in [5.74, 6) is 0.239. The smallest absolute Gasteiger partial charge is 0.254 e. The van der Waals surface area contributed by atoms with Gasteiger partial charge in [-0.2, -0.15) is 0 Å². The van der Waals surface area contributed by atoms with E-state index in [4.69, 9.17) is 4.74 Å². The number of carbonyl (C=O) groups excluding carboxylic acids is 2. The van der Waals surface area contributed by atoms with Gasteiger partial charge in [-0.25, -0.2) is 0 Å². The van der Waals surface area contributed by atoms with Gasteiger partial charge in [0.2, 0.25) is 0 Å². The Morgan fingerprint density at radius 1 is 1.06 bits per heavy atom. The summed E-state index contributed by atoms with van der Waals surface area (Å²) in [6, 6.07) is 18.5. The zero-order valence-corrected chi connectivity index (χ0v) is 18.8. The standard InChI is InChI=1S/C25H26N2O4S/c1-25(30)14-15-27(24(29)18-10-12-19(31-2)13-11-18)21(20-9-6-16-32-20)22(25)26-23(28)17-7-4-3-5-8-17/h3-13,16,21-22,30H,14-15H2,1-2H3,(H,26,28). The van der Waals surface area contributed by atoms with Crippen molar-refractivity contribution >= 4 is 23.2 Å². The van der Waals surface area contributed by atoms with E-state index >= 15 is 0 Å². The maximum absolute atomic E-state index is 13.5. The Balaban J connectivity index is 1.69. The molecule has 1 aromatic heterocycles. The van der Waals surface area contributed by atoms with E-state index in [0.29, 0.717) is 29.8 Å². The molecule has 0 aliphatic carbocycles. The first kappa shape index (κ1) is 22.0. The molecule has 1 saturated heterocycles. The molecule has 3 unspecified atom stereocenters. The highest BCUT2D eigenvalue weighted by atomic mass is 32.1. The molecule has 4 rings (SSSR count). The lowest BCUT2D eigenvalue weighted by molar-refractivity contribution is -0.0541.